The second-order valence-electron chi connectivity index (χ2n) is 3.18. The summed E-state index contributed by atoms with van der Waals surface area (Å²) in [5.74, 6) is 0.909. The molecular formula is C11H15OS. The Morgan fingerprint density at radius 1 is 1.31 bits per heavy atom. The van der Waals surface area contributed by atoms with Crippen LogP contribution in [0, 0.1) is 6.92 Å². The van der Waals surface area contributed by atoms with Crippen LogP contribution in [-0.4, -0.2) is 12.4 Å². The Hall–Kier alpha value is -0.630. The highest BCUT2D eigenvalue weighted by atomic mass is 32.2. The Balaban J connectivity index is 2.88. The predicted octanol–water partition coefficient (Wildman–Crippen LogP) is 3.38. The minimum atomic E-state index is 0.219. The van der Waals surface area contributed by atoms with Gasteiger partial charge in [0.15, 0.2) is 0 Å². The molecule has 0 N–H and O–H groups in total. The van der Waals surface area contributed by atoms with E-state index in [1.165, 1.54) is 4.90 Å². The molecule has 1 aromatic rings. The van der Waals surface area contributed by atoms with E-state index < -0.39 is 0 Å². The minimum Gasteiger partial charge on any atom is -0.491 e. The van der Waals surface area contributed by atoms with E-state index in [1.54, 1.807) is 11.8 Å². The molecule has 0 saturated carbocycles. The van der Waals surface area contributed by atoms with Crippen molar-refractivity contribution in [3.05, 3.63) is 30.7 Å². The maximum atomic E-state index is 5.58. The van der Waals surface area contributed by atoms with Crippen molar-refractivity contribution in [3.63, 3.8) is 0 Å². The lowest BCUT2D eigenvalue weighted by atomic mass is 10.2. The molecule has 0 bridgehead atoms. The lowest BCUT2D eigenvalue weighted by Crippen LogP contribution is -2.05. The average Bonchev–Trinajstić information content (AvgIpc) is 2.01. The van der Waals surface area contributed by atoms with Crippen LogP contribution in [0.25, 0.3) is 0 Å². The summed E-state index contributed by atoms with van der Waals surface area (Å²) in [5.41, 5.74) is 1.00. The normalized spacial score (nSPS) is 10.5. The first-order chi connectivity index (χ1) is 6.11. The first kappa shape index (κ1) is 10.5. The van der Waals surface area contributed by atoms with Crippen LogP contribution < -0.4 is 4.74 Å². The Kier molecular flexibility index (Phi) is 3.67. The molecule has 0 aliphatic heterocycles. The van der Waals surface area contributed by atoms with Crippen LogP contribution in [0.5, 0.6) is 5.75 Å². The fourth-order valence-electron chi connectivity index (χ4n) is 1.09. The summed E-state index contributed by atoms with van der Waals surface area (Å²) < 4.78 is 5.58. The minimum absolute atomic E-state index is 0.219. The first-order valence-electron chi connectivity index (χ1n) is 4.29. The maximum absolute atomic E-state index is 5.58. The quantitative estimate of drug-likeness (QED) is 0.684. The molecule has 13 heavy (non-hydrogen) atoms. The summed E-state index contributed by atoms with van der Waals surface area (Å²) in [5, 5.41) is 0. The number of ether oxygens (including phenoxy) is 1. The van der Waals surface area contributed by atoms with Gasteiger partial charge in [0.25, 0.3) is 0 Å². The van der Waals surface area contributed by atoms with Gasteiger partial charge in [0.2, 0.25) is 0 Å². The van der Waals surface area contributed by atoms with Crippen molar-refractivity contribution in [2.24, 2.45) is 0 Å². The van der Waals surface area contributed by atoms with Gasteiger partial charge in [0.05, 0.1) is 6.10 Å². The third kappa shape index (κ3) is 3.31. The van der Waals surface area contributed by atoms with Gasteiger partial charge in [-0.3, -0.25) is 0 Å². The van der Waals surface area contributed by atoms with Gasteiger partial charge in [-0.25, -0.2) is 0 Å². The number of benzene rings is 1. The molecule has 0 amide bonds. The molecule has 1 radical (unpaired) electrons. The number of hydrogen-bond donors (Lipinski definition) is 0. The van der Waals surface area contributed by atoms with Crippen LogP contribution in [-0.2, 0) is 0 Å². The molecule has 0 unspecified atom stereocenters. The zero-order valence-electron chi connectivity index (χ0n) is 8.33. The van der Waals surface area contributed by atoms with Crippen molar-refractivity contribution in [2.45, 2.75) is 24.8 Å². The van der Waals surface area contributed by atoms with Gasteiger partial charge in [-0.1, -0.05) is 0 Å². The van der Waals surface area contributed by atoms with Gasteiger partial charge >= 0.3 is 0 Å². The number of rotatable bonds is 3. The van der Waals surface area contributed by atoms with E-state index >= 15 is 0 Å². The molecular weight excluding hydrogens is 180 g/mol. The molecule has 2 heteroatoms. The second-order valence-corrected chi connectivity index (χ2v) is 4.06. The van der Waals surface area contributed by atoms with Crippen LogP contribution in [0.4, 0.5) is 0 Å². The van der Waals surface area contributed by atoms with Crippen LogP contribution in [0.15, 0.2) is 23.1 Å². The summed E-state index contributed by atoms with van der Waals surface area (Å²) >= 11 is 1.70. The van der Waals surface area contributed by atoms with Crippen LogP contribution in [0.2, 0.25) is 0 Å². The summed E-state index contributed by atoms with van der Waals surface area (Å²) in [7, 11) is 0. The van der Waals surface area contributed by atoms with Gasteiger partial charge in [0, 0.05) is 4.90 Å². The number of hydrogen-bond acceptors (Lipinski definition) is 2. The highest BCUT2D eigenvalue weighted by Gasteiger charge is 2.00. The molecule has 0 heterocycles. The standard InChI is InChI=1S/C11H15OS/c1-8(2)12-10-5-9(3)6-11(7-10)13-4/h5-8H,3H2,1-2,4H3. The van der Waals surface area contributed by atoms with Crippen molar-refractivity contribution in [2.75, 3.05) is 6.26 Å². The predicted molar refractivity (Wildman–Crippen MR) is 58.4 cm³/mol. The molecule has 71 valence electrons. The van der Waals surface area contributed by atoms with Crippen LogP contribution >= 0.6 is 11.8 Å². The van der Waals surface area contributed by atoms with Gasteiger partial charge < -0.3 is 4.74 Å². The van der Waals surface area contributed by atoms with Gasteiger partial charge in [-0.05, 0) is 50.8 Å². The van der Waals surface area contributed by atoms with Crippen molar-refractivity contribution < 1.29 is 4.74 Å². The third-order valence-electron chi connectivity index (χ3n) is 1.55. The molecule has 0 saturated heterocycles. The van der Waals surface area contributed by atoms with E-state index in [0.29, 0.717) is 0 Å². The highest BCUT2D eigenvalue weighted by Crippen LogP contribution is 2.23. The molecule has 0 atom stereocenters. The lowest BCUT2D eigenvalue weighted by molar-refractivity contribution is 0.242. The topological polar surface area (TPSA) is 9.23 Å². The van der Waals surface area contributed by atoms with E-state index in [-0.39, 0.29) is 6.10 Å². The average molecular weight is 195 g/mol. The molecule has 1 aromatic carbocycles. The fourth-order valence-corrected chi connectivity index (χ4v) is 1.59. The summed E-state index contributed by atoms with van der Waals surface area (Å²) in [6, 6.07) is 6.05. The zero-order valence-corrected chi connectivity index (χ0v) is 9.15. The molecule has 0 spiro atoms. The van der Waals surface area contributed by atoms with E-state index in [2.05, 4.69) is 13.0 Å². The van der Waals surface area contributed by atoms with E-state index in [0.717, 1.165) is 11.3 Å². The number of thioether (sulfide) groups is 1. The third-order valence-corrected chi connectivity index (χ3v) is 2.25. The van der Waals surface area contributed by atoms with Crippen molar-refractivity contribution in [1.82, 2.24) is 0 Å². The Morgan fingerprint density at radius 2 is 2.00 bits per heavy atom. The van der Waals surface area contributed by atoms with Gasteiger partial charge in [0.1, 0.15) is 5.75 Å². The summed E-state index contributed by atoms with van der Waals surface area (Å²) in [4.78, 5) is 1.20. The van der Waals surface area contributed by atoms with Crippen LogP contribution in [0.1, 0.15) is 19.4 Å². The van der Waals surface area contributed by atoms with Gasteiger partial charge in [-0.15, -0.1) is 11.8 Å². The van der Waals surface area contributed by atoms with Gasteiger partial charge in [-0.2, -0.15) is 0 Å². The fraction of sp³-hybridized carbons (Fsp3) is 0.364. The zero-order chi connectivity index (χ0) is 9.84. The maximum Gasteiger partial charge on any atom is 0.121 e. The largest absolute Gasteiger partial charge is 0.491 e. The monoisotopic (exact) mass is 195 g/mol. The molecule has 1 nitrogen and oxygen atoms in total. The molecule has 0 aliphatic rings. The Labute approximate surface area is 84.5 Å². The lowest BCUT2D eigenvalue weighted by Gasteiger charge is -2.11. The molecule has 0 aromatic heterocycles. The van der Waals surface area contributed by atoms with E-state index in [4.69, 9.17) is 4.74 Å². The van der Waals surface area contributed by atoms with E-state index in [1.807, 2.05) is 32.2 Å². The highest BCUT2D eigenvalue weighted by molar-refractivity contribution is 7.98. The van der Waals surface area contributed by atoms with Crippen molar-refractivity contribution in [1.29, 1.82) is 0 Å². The van der Waals surface area contributed by atoms with Crippen LogP contribution in [0.3, 0.4) is 0 Å². The summed E-state index contributed by atoms with van der Waals surface area (Å²) in [6.07, 6.45) is 2.27. The van der Waals surface area contributed by atoms with E-state index in [9.17, 15) is 0 Å². The second kappa shape index (κ2) is 4.56. The smallest absolute Gasteiger partial charge is 0.121 e. The molecule has 0 aliphatic carbocycles. The van der Waals surface area contributed by atoms with Crippen molar-refractivity contribution in [3.8, 4) is 5.75 Å². The summed E-state index contributed by atoms with van der Waals surface area (Å²) in [6.45, 7) is 7.95. The molecule has 1 rings (SSSR count). The van der Waals surface area contributed by atoms with Crippen molar-refractivity contribution >= 4 is 11.8 Å². The first-order valence-corrected chi connectivity index (χ1v) is 5.52. The SMILES string of the molecule is [CH2]c1cc(OC(C)C)cc(SC)c1. The Morgan fingerprint density at radius 3 is 2.54 bits per heavy atom. The molecule has 0 fully saturated rings. The Bertz CT molecular complexity index is 281.